The number of alkyl halides is 2. The molecule has 2 fully saturated rings. The first kappa shape index (κ1) is 31.0. The van der Waals surface area contributed by atoms with Crippen LogP contribution in [0.3, 0.4) is 0 Å². The molecule has 1 spiro atoms. The number of halogens is 4. The van der Waals surface area contributed by atoms with Crippen molar-refractivity contribution in [3.8, 4) is 0 Å². The molecule has 0 radical (unpaired) electrons. The number of aliphatic hydroxyl groups excluding tert-OH is 1. The van der Waals surface area contributed by atoms with Crippen molar-refractivity contribution in [1.82, 2.24) is 14.8 Å². The first-order valence-electron chi connectivity index (χ1n) is 14.2. The van der Waals surface area contributed by atoms with Gasteiger partial charge in [-0.3, -0.25) is 9.80 Å². The number of rotatable bonds is 5. The van der Waals surface area contributed by atoms with Crippen LogP contribution < -0.4 is 4.90 Å². The Morgan fingerprint density at radius 1 is 1.05 bits per heavy atom. The van der Waals surface area contributed by atoms with Crippen LogP contribution >= 0.6 is 0 Å². The van der Waals surface area contributed by atoms with E-state index in [1.54, 1.807) is 0 Å². The number of likely N-dealkylation sites (tertiary alicyclic amines) is 1. The maximum absolute atomic E-state index is 13.3. The zero-order chi connectivity index (χ0) is 29.6. The third-order valence-electron chi connectivity index (χ3n) is 8.66. The fourth-order valence-electron chi connectivity index (χ4n) is 6.43. The number of carbonyl (C=O) groups is 1. The molecule has 0 bridgehead atoms. The molecule has 0 amide bonds. The SMILES string of the molecule is CC1Cc2c([nH]c3ccccc23)CN1CC(F)F.CO.O=CCN1CCC2(CC1)CCN(c1cc(F)cc(F)c1)C2. The Bertz CT molecular complexity index is 1270. The number of H-pyrrole nitrogens is 1. The maximum atomic E-state index is 13.3. The van der Waals surface area contributed by atoms with Crippen LogP contribution in [0.1, 0.15) is 37.4 Å². The fraction of sp³-hybridized carbons (Fsp3) is 0.516. The quantitative estimate of drug-likeness (QED) is 0.321. The predicted octanol–water partition coefficient (Wildman–Crippen LogP) is 5.24. The number of nitrogens with zero attached hydrogens (tertiary/aromatic N) is 3. The zero-order valence-corrected chi connectivity index (χ0v) is 23.8. The van der Waals surface area contributed by atoms with E-state index in [2.05, 4.69) is 20.9 Å². The number of fused-ring (bicyclic) bond motifs is 3. The molecule has 10 heteroatoms. The van der Waals surface area contributed by atoms with Crippen LogP contribution in [0.4, 0.5) is 23.2 Å². The highest BCUT2D eigenvalue weighted by Gasteiger charge is 2.40. The number of para-hydroxylation sites is 1. The minimum atomic E-state index is -2.27. The Balaban J connectivity index is 0.000000180. The van der Waals surface area contributed by atoms with Gasteiger partial charge in [0, 0.05) is 61.1 Å². The van der Waals surface area contributed by atoms with Crippen molar-refractivity contribution in [3.05, 3.63) is 65.4 Å². The molecule has 3 aliphatic heterocycles. The third-order valence-corrected chi connectivity index (χ3v) is 8.66. The lowest BCUT2D eigenvalue weighted by Gasteiger charge is -2.38. The summed E-state index contributed by atoms with van der Waals surface area (Å²) in [6.07, 6.45) is 2.68. The normalized spacial score (nSPS) is 20.4. The number of aldehydes is 1. The Hall–Kier alpha value is -2.95. The predicted molar refractivity (Wildman–Crippen MR) is 153 cm³/mol. The molecule has 1 unspecified atom stereocenters. The van der Waals surface area contributed by atoms with Gasteiger partial charge in [-0.15, -0.1) is 0 Å². The number of aliphatic hydroxyl groups is 1. The van der Waals surface area contributed by atoms with Gasteiger partial charge in [0.05, 0.1) is 13.1 Å². The van der Waals surface area contributed by atoms with Gasteiger partial charge in [0.1, 0.15) is 17.9 Å². The number of anilines is 1. The van der Waals surface area contributed by atoms with E-state index in [1.165, 1.54) is 23.1 Å². The lowest BCUT2D eigenvalue weighted by Crippen LogP contribution is -2.42. The summed E-state index contributed by atoms with van der Waals surface area (Å²) in [4.78, 5) is 20.0. The van der Waals surface area contributed by atoms with Gasteiger partial charge in [0.15, 0.2) is 0 Å². The number of hydrogen-bond acceptors (Lipinski definition) is 5. The number of benzene rings is 2. The van der Waals surface area contributed by atoms with Gasteiger partial charge < -0.3 is 19.8 Å². The summed E-state index contributed by atoms with van der Waals surface area (Å²) in [5, 5.41) is 8.23. The minimum Gasteiger partial charge on any atom is -0.400 e. The second-order valence-electron chi connectivity index (χ2n) is 11.3. The highest BCUT2D eigenvalue weighted by molar-refractivity contribution is 5.84. The number of hydrogen-bond donors (Lipinski definition) is 2. The Kier molecular flexibility index (Phi) is 10.4. The average molecular weight is 577 g/mol. The van der Waals surface area contributed by atoms with Gasteiger partial charge in [0.2, 0.25) is 0 Å². The van der Waals surface area contributed by atoms with Crippen molar-refractivity contribution in [2.75, 3.05) is 51.3 Å². The molecule has 2 N–H and O–H groups in total. The number of aromatic nitrogens is 1. The summed E-state index contributed by atoms with van der Waals surface area (Å²) >= 11 is 0. The third kappa shape index (κ3) is 7.47. The number of nitrogens with one attached hydrogen (secondary N) is 1. The van der Waals surface area contributed by atoms with E-state index in [0.717, 1.165) is 82.5 Å². The molecule has 2 saturated heterocycles. The summed E-state index contributed by atoms with van der Waals surface area (Å²) in [6.45, 7) is 6.54. The monoisotopic (exact) mass is 576 g/mol. The highest BCUT2D eigenvalue weighted by Crippen LogP contribution is 2.42. The molecule has 0 saturated carbocycles. The van der Waals surface area contributed by atoms with E-state index in [9.17, 15) is 22.4 Å². The molecular formula is C31H40F4N4O2. The lowest BCUT2D eigenvalue weighted by atomic mass is 9.78. The van der Waals surface area contributed by atoms with Crippen molar-refractivity contribution in [2.45, 2.75) is 51.6 Å². The zero-order valence-electron chi connectivity index (χ0n) is 23.8. The fourth-order valence-corrected chi connectivity index (χ4v) is 6.43. The van der Waals surface area contributed by atoms with Crippen LogP contribution in [0.25, 0.3) is 10.9 Å². The van der Waals surface area contributed by atoms with E-state index in [0.29, 0.717) is 18.8 Å². The summed E-state index contributed by atoms with van der Waals surface area (Å²) in [7, 11) is 1.00. The lowest BCUT2D eigenvalue weighted by molar-refractivity contribution is -0.109. The standard InChI is InChI=1S/C16H20F2N2O.C14H16F2N2.CH4O/c17-13-9-14(18)11-15(10-13)20-6-3-16(12-20)1-4-19(5-2-16)7-8-21;1-9-6-11-10-4-2-3-5-12(10)17-13(11)7-18(9)8-14(15)16;1-2/h8-11H,1-7,12H2;2-5,9,14,17H,6-8H2,1H3;2H,1H3. The van der Waals surface area contributed by atoms with E-state index >= 15 is 0 Å². The van der Waals surface area contributed by atoms with Gasteiger partial charge in [-0.05, 0) is 74.9 Å². The van der Waals surface area contributed by atoms with Crippen molar-refractivity contribution in [3.63, 3.8) is 0 Å². The molecule has 1 aromatic heterocycles. The summed E-state index contributed by atoms with van der Waals surface area (Å²) in [6, 6.07) is 12.0. The second kappa shape index (κ2) is 13.8. The molecule has 1 atom stereocenters. The van der Waals surface area contributed by atoms with Crippen LogP contribution in [0.2, 0.25) is 0 Å². The summed E-state index contributed by atoms with van der Waals surface area (Å²) in [5.74, 6) is -1.04. The number of aromatic amines is 1. The van der Waals surface area contributed by atoms with E-state index < -0.39 is 18.1 Å². The van der Waals surface area contributed by atoms with Crippen molar-refractivity contribution < 1.29 is 27.5 Å². The van der Waals surface area contributed by atoms with Crippen LogP contribution in [0.5, 0.6) is 0 Å². The van der Waals surface area contributed by atoms with E-state index in [1.807, 2.05) is 30.0 Å². The van der Waals surface area contributed by atoms with Gasteiger partial charge in [-0.1, -0.05) is 18.2 Å². The molecule has 3 aromatic rings. The Labute approximate surface area is 238 Å². The molecule has 0 aliphatic carbocycles. The molecule has 41 heavy (non-hydrogen) atoms. The Morgan fingerprint density at radius 3 is 2.37 bits per heavy atom. The highest BCUT2D eigenvalue weighted by atomic mass is 19.3. The van der Waals surface area contributed by atoms with Crippen LogP contribution in [-0.2, 0) is 17.8 Å². The summed E-state index contributed by atoms with van der Waals surface area (Å²) < 4.78 is 51.7. The summed E-state index contributed by atoms with van der Waals surface area (Å²) in [5.41, 5.74) is 4.37. The largest absolute Gasteiger partial charge is 0.400 e. The van der Waals surface area contributed by atoms with Crippen molar-refractivity contribution >= 4 is 22.9 Å². The minimum absolute atomic E-state index is 0.143. The first-order chi connectivity index (χ1) is 19.7. The van der Waals surface area contributed by atoms with Gasteiger partial charge >= 0.3 is 0 Å². The van der Waals surface area contributed by atoms with Gasteiger partial charge in [-0.2, -0.15) is 0 Å². The van der Waals surface area contributed by atoms with E-state index in [4.69, 9.17) is 5.11 Å². The maximum Gasteiger partial charge on any atom is 0.251 e. The molecular weight excluding hydrogens is 536 g/mol. The van der Waals surface area contributed by atoms with Crippen LogP contribution in [0.15, 0.2) is 42.5 Å². The second-order valence-corrected chi connectivity index (χ2v) is 11.3. The van der Waals surface area contributed by atoms with Gasteiger partial charge in [0.25, 0.3) is 6.43 Å². The molecule has 4 heterocycles. The topological polar surface area (TPSA) is 62.8 Å². The van der Waals surface area contributed by atoms with Crippen LogP contribution in [-0.4, -0.2) is 85.0 Å². The van der Waals surface area contributed by atoms with Crippen molar-refractivity contribution in [1.29, 1.82) is 0 Å². The van der Waals surface area contributed by atoms with E-state index in [-0.39, 0.29) is 18.0 Å². The molecule has 224 valence electrons. The number of piperidine rings is 1. The number of carbonyl (C=O) groups excluding carboxylic acids is 1. The van der Waals surface area contributed by atoms with Crippen molar-refractivity contribution in [2.24, 2.45) is 5.41 Å². The first-order valence-corrected chi connectivity index (χ1v) is 14.2. The van der Waals surface area contributed by atoms with Crippen LogP contribution in [0, 0.1) is 17.0 Å². The molecule has 2 aromatic carbocycles. The molecule has 6 nitrogen and oxygen atoms in total. The smallest absolute Gasteiger partial charge is 0.251 e. The molecule has 6 rings (SSSR count). The Morgan fingerprint density at radius 2 is 1.71 bits per heavy atom. The molecule has 3 aliphatic rings. The average Bonchev–Trinajstić information content (AvgIpc) is 3.53. The van der Waals surface area contributed by atoms with Gasteiger partial charge in [-0.25, -0.2) is 17.6 Å².